The monoisotopic (exact) mass is 236 g/mol. The highest BCUT2D eigenvalue weighted by atomic mass is 19.1. The van der Waals surface area contributed by atoms with Crippen molar-refractivity contribution in [3.05, 3.63) is 24.0 Å². The number of carboxylic acid groups (broad SMARTS) is 1. The molecule has 2 unspecified atom stereocenters. The smallest absolute Gasteiger partial charge is 0.409 e. The molecule has 1 aromatic rings. The molecule has 0 spiro atoms. The summed E-state index contributed by atoms with van der Waals surface area (Å²) < 4.78 is 13.8. The van der Waals surface area contributed by atoms with Crippen molar-refractivity contribution >= 4 is 17.5 Å². The molecule has 90 valence electrons. The van der Waals surface area contributed by atoms with Crippen LogP contribution in [0.3, 0.4) is 0 Å². The Morgan fingerprint density at radius 3 is 2.71 bits per heavy atom. The number of rotatable bonds is 2. The first-order chi connectivity index (χ1) is 8.13. The van der Waals surface area contributed by atoms with Gasteiger partial charge in [0.25, 0.3) is 0 Å². The second kappa shape index (κ2) is 3.61. The number of hydrogen-bond acceptors (Lipinski definition) is 2. The van der Waals surface area contributed by atoms with E-state index < -0.39 is 6.09 Å². The van der Waals surface area contributed by atoms with E-state index in [1.807, 2.05) is 4.90 Å². The van der Waals surface area contributed by atoms with E-state index in [-0.39, 0.29) is 11.5 Å². The lowest BCUT2D eigenvalue weighted by molar-refractivity contribution is 0.210. The number of amides is 1. The molecule has 1 aliphatic heterocycles. The van der Waals surface area contributed by atoms with E-state index in [0.717, 1.165) is 24.9 Å². The van der Waals surface area contributed by atoms with Crippen molar-refractivity contribution in [2.75, 3.05) is 23.3 Å². The van der Waals surface area contributed by atoms with Gasteiger partial charge in [-0.3, -0.25) is 5.32 Å². The molecule has 1 saturated carbocycles. The van der Waals surface area contributed by atoms with Gasteiger partial charge in [0.1, 0.15) is 5.82 Å². The SMILES string of the molecule is O=C(O)Nc1ccc(N2CC3CC3C2)c(F)c1. The number of anilines is 2. The Bertz CT molecular complexity index is 468. The summed E-state index contributed by atoms with van der Waals surface area (Å²) in [6, 6.07) is 4.47. The third kappa shape index (κ3) is 1.92. The maximum absolute atomic E-state index is 13.8. The Kier molecular flexibility index (Phi) is 2.21. The molecule has 0 radical (unpaired) electrons. The number of nitrogens with zero attached hydrogens (tertiary/aromatic N) is 1. The topological polar surface area (TPSA) is 52.6 Å². The van der Waals surface area contributed by atoms with E-state index in [0.29, 0.717) is 5.69 Å². The minimum absolute atomic E-state index is 0.267. The van der Waals surface area contributed by atoms with E-state index in [9.17, 15) is 9.18 Å². The largest absolute Gasteiger partial charge is 0.465 e. The van der Waals surface area contributed by atoms with Crippen LogP contribution in [0.4, 0.5) is 20.6 Å². The average molecular weight is 236 g/mol. The van der Waals surface area contributed by atoms with Crippen molar-refractivity contribution in [2.45, 2.75) is 6.42 Å². The molecular weight excluding hydrogens is 223 g/mol. The molecule has 2 aliphatic rings. The number of nitrogens with one attached hydrogen (secondary N) is 1. The number of hydrogen-bond donors (Lipinski definition) is 2. The number of piperidine rings is 1. The molecule has 1 amide bonds. The third-order valence-corrected chi connectivity index (χ3v) is 3.52. The standard InChI is InChI=1S/C12H13FN2O2/c13-10-4-9(14-12(16)17)1-2-11(10)15-5-7-3-8(7)6-15/h1-2,4,7-8,14H,3,5-6H2,(H,16,17). The van der Waals surface area contributed by atoms with Crippen molar-refractivity contribution in [3.8, 4) is 0 Å². The van der Waals surface area contributed by atoms with Gasteiger partial charge in [0, 0.05) is 18.8 Å². The second-order valence-electron chi connectivity index (χ2n) is 4.76. The molecule has 0 aromatic heterocycles. The zero-order valence-corrected chi connectivity index (χ0v) is 9.19. The molecular formula is C12H13FN2O2. The maximum atomic E-state index is 13.8. The Morgan fingerprint density at radius 1 is 1.41 bits per heavy atom. The van der Waals surface area contributed by atoms with Gasteiger partial charge in [0.05, 0.1) is 5.69 Å². The fourth-order valence-electron chi connectivity index (χ4n) is 2.56. The van der Waals surface area contributed by atoms with Crippen LogP contribution in [-0.4, -0.2) is 24.3 Å². The van der Waals surface area contributed by atoms with Gasteiger partial charge in [-0.1, -0.05) is 0 Å². The van der Waals surface area contributed by atoms with Crippen LogP contribution in [0.5, 0.6) is 0 Å². The second-order valence-corrected chi connectivity index (χ2v) is 4.76. The van der Waals surface area contributed by atoms with Crippen LogP contribution >= 0.6 is 0 Å². The fraction of sp³-hybridized carbons (Fsp3) is 0.417. The van der Waals surface area contributed by atoms with Crippen molar-refractivity contribution < 1.29 is 14.3 Å². The first-order valence-electron chi connectivity index (χ1n) is 5.68. The van der Waals surface area contributed by atoms with E-state index in [1.165, 1.54) is 12.5 Å². The van der Waals surface area contributed by atoms with Gasteiger partial charge < -0.3 is 10.0 Å². The normalized spacial score (nSPS) is 25.6. The van der Waals surface area contributed by atoms with Crippen LogP contribution in [0, 0.1) is 17.7 Å². The molecule has 1 saturated heterocycles. The summed E-state index contributed by atoms with van der Waals surface area (Å²) in [6.45, 7) is 1.85. The van der Waals surface area contributed by atoms with Gasteiger partial charge >= 0.3 is 6.09 Å². The van der Waals surface area contributed by atoms with Crippen LogP contribution in [0.15, 0.2) is 18.2 Å². The quantitative estimate of drug-likeness (QED) is 0.828. The number of benzene rings is 1. The third-order valence-electron chi connectivity index (χ3n) is 3.52. The Hall–Kier alpha value is -1.78. The van der Waals surface area contributed by atoms with Gasteiger partial charge in [0.15, 0.2) is 0 Å². The Labute approximate surface area is 98.0 Å². The van der Waals surface area contributed by atoms with Crippen molar-refractivity contribution in [1.29, 1.82) is 0 Å². The molecule has 0 bridgehead atoms. The van der Waals surface area contributed by atoms with E-state index in [1.54, 1.807) is 12.1 Å². The summed E-state index contributed by atoms with van der Waals surface area (Å²) in [5.41, 5.74) is 0.844. The predicted molar refractivity (Wildman–Crippen MR) is 61.9 cm³/mol. The molecule has 1 aliphatic carbocycles. The van der Waals surface area contributed by atoms with Gasteiger partial charge in [-0.2, -0.15) is 0 Å². The lowest BCUT2D eigenvalue weighted by Crippen LogP contribution is -2.23. The first kappa shape index (κ1) is 10.4. The summed E-state index contributed by atoms with van der Waals surface area (Å²) in [4.78, 5) is 12.5. The molecule has 17 heavy (non-hydrogen) atoms. The molecule has 4 nitrogen and oxygen atoms in total. The lowest BCUT2D eigenvalue weighted by atomic mass is 10.2. The van der Waals surface area contributed by atoms with Crippen LogP contribution < -0.4 is 10.2 Å². The Morgan fingerprint density at radius 2 is 2.12 bits per heavy atom. The van der Waals surface area contributed by atoms with Crippen molar-refractivity contribution in [2.24, 2.45) is 11.8 Å². The fourth-order valence-corrected chi connectivity index (χ4v) is 2.56. The van der Waals surface area contributed by atoms with Gasteiger partial charge in [-0.05, 0) is 36.5 Å². The number of carbonyl (C=O) groups is 1. The van der Waals surface area contributed by atoms with Gasteiger partial charge in [0.2, 0.25) is 0 Å². The number of halogens is 1. The van der Waals surface area contributed by atoms with Crippen LogP contribution in [0.2, 0.25) is 0 Å². The highest BCUT2D eigenvalue weighted by Crippen LogP contribution is 2.46. The molecule has 1 heterocycles. The summed E-state index contributed by atoms with van der Waals surface area (Å²) >= 11 is 0. The Balaban J connectivity index is 1.79. The molecule has 2 atom stereocenters. The molecule has 2 N–H and O–H groups in total. The molecule has 5 heteroatoms. The van der Waals surface area contributed by atoms with Gasteiger partial charge in [-0.25, -0.2) is 9.18 Å². The molecule has 2 fully saturated rings. The summed E-state index contributed by atoms with van der Waals surface area (Å²) in [7, 11) is 0. The van der Waals surface area contributed by atoms with Crippen LogP contribution in [0.1, 0.15) is 6.42 Å². The van der Waals surface area contributed by atoms with Crippen LogP contribution in [0.25, 0.3) is 0 Å². The predicted octanol–water partition coefficient (Wildman–Crippen LogP) is 2.37. The summed E-state index contributed by atoms with van der Waals surface area (Å²) in [5.74, 6) is 1.12. The van der Waals surface area contributed by atoms with E-state index in [2.05, 4.69) is 5.32 Å². The molecule has 1 aromatic carbocycles. The highest BCUT2D eigenvalue weighted by molar-refractivity contribution is 5.83. The van der Waals surface area contributed by atoms with E-state index in [4.69, 9.17) is 5.11 Å². The highest BCUT2D eigenvalue weighted by Gasteiger charge is 2.45. The van der Waals surface area contributed by atoms with Crippen molar-refractivity contribution in [1.82, 2.24) is 0 Å². The lowest BCUT2D eigenvalue weighted by Gasteiger charge is -2.21. The zero-order valence-electron chi connectivity index (χ0n) is 9.19. The summed E-state index contributed by atoms with van der Waals surface area (Å²) in [6.07, 6.45) is 0.0936. The minimum atomic E-state index is -1.18. The van der Waals surface area contributed by atoms with Crippen molar-refractivity contribution in [3.63, 3.8) is 0 Å². The maximum Gasteiger partial charge on any atom is 0.409 e. The van der Waals surface area contributed by atoms with Gasteiger partial charge in [-0.15, -0.1) is 0 Å². The minimum Gasteiger partial charge on any atom is -0.465 e. The zero-order chi connectivity index (χ0) is 12.0. The summed E-state index contributed by atoms with van der Waals surface area (Å²) in [5, 5.41) is 10.7. The van der Waals surface area contributed by atoms with E-state index >= 15 is 0 Å². The van der Waals surface area contributed by atoms with Crippen LogP contribution in [-0.2, 0) is 0 Å². The molecule has 3 rings (SSSR count). The average Bonchev–Trinajstić information content (AvgIpc) is 2.85. The number of fused-ring (bicyclic) bond motifs is 1. The first-order valence-corrected chi connectivity index (χ1v) is 5.68.